The maximum atomic E-state index is 10.6. The highest BCUT2D eigenvalue weighted by Crippen LogP contribution is 2.31. The van der Waals surface area contributed by atoms with Crippen molar-refractivity contribution >= 4 is 10.1 Å². The van der Waals surface area contributed by atoms with Crippen LogP contribution in [0.4, 0.5) is 0 Å². The molecule has 0 amide bonds. The van der Waals surface area contributed by atoms with Crippen molar-refractivity contribution in [3.8, 4) is 5.75 Å². The fourth-order valence-corrected chi connectivity index (χ4v) is 2.07. The molecule has 0 radical (unpaired) electrons. The molecule has 90 valence electrons. The first-order valence-electron chi connectivity index (χ1n) is 4.85. The molecule has 0 aliphatic carbocycles. The number of rotatable bonds is 2. The van der Waals surface area contributed by atoms with Crippen molar-refractivity contribution in [3.63, 3.8) is 0 Å². The minimum Gasteiger partial charge on any atom is -0.748 e. The average Bonchev–Trinajstić information content (AvgIpc) is 2.04. The van der Waals surface area contributed by atoms with Crippen molar-refractivity contribution in [3.05, 3.63) is 29.3 Å². The molecule has 0 fully saturated rings. The Bertz CT molecular complexity index is 483. The molecule has 1 N–H and O–H groups in total. The lowest BCUT2D eigenvalue weighted by Gasteiger charge is -2.21. The summed E-state index contributed by atoms with van der Waals surface area (Å²) in [6.07, 6.45) is 0. The van der Waals surface area contributed by atoms with Gasteiger partial charge in [-0.05, 0) is 22.6 Å². The molecular weight excluding hydrogens is 228 g/mol. The summed E-state index contributed by atoms with van der Waals surface area (Å²) in [4.78, 5) is 0. The second-order valence-corrected chi connectivity index (χ2v) is 6.21. The molecule has 0 spiro atoms. The lowest BCUT2D eigenvalue weighted by Crippen LogP contribution is -2.12. The highest BCUT2D eigenvalue weighted by Gasteiger charge is 2.18. The highest BCUT2D eigenvalue weighted by atomic mass is 32.2. The Morgan fingerprint density at radius 1 is 1.31 bits per heavy atom. The van der Waals surface area contributed by atoms with Gasteiger partial charge in [-0.3, -0.25) is 0 Å². The predicted molar refractivity (Wildman–Crippen MR) is 60.2 cm³/mol. The third-order valence-electron chi connectivity index (χ3n) is 2.21. The third kappa shape index (κ3) is 3.50. The van der Waals surface area contributed by atoms with Crippen molar-refractivity contribution < 1.29 is 18.1 Å². The maximum Gasteiger partial charge on any atom is 0.119 e. The Kier molecular flexibility index (Phi) is 3.30. The summed E-state index contributed by atoms with van der Waals surface area (Å²) in [5.74, 6) is -0.435. The van der Waals surface area contributed by atoms with Crippen LogP contribution >= 0.6 is 0 Å². The molecule has 1 aromatic carbocycles. The van der Waals surface area contributed by atoms with Crippen molar-refractivity contribution in [1.82, 2.24) is 0 Å². The van der Waals surface area contributed by atoms with Crippen LogP contribution in [0.5, 0.6) is 5.75 Å². The minimum absolute atomic E-state index is 0.111. The molecule has 16 heavy (non-hydrogen) atoms. The van der Waals surface area contributed by atoms with Crippen LogP contribution in [0, 0.1) is 0 Å². The molecule has 0 atom stereocenters. The molecule has 1 aromatic rings. The van der Waals surface area contributed by atoms with Crippen LogP contribution in [0.3, 0.4) is 0 Å². The van der Waals surface area contributed by atoms with E-state index in [4.69, 9.17) is 0 Å². The Morgan fingerprint density at radius 2 is 1.88 bits per heavy atom. The normalized spacial score (nSPS) is 12.8. The molecule has 0 bridgehead atoms. The zero-order valence-electron chi connectivity index (χ0n) is 9.52. The SMILES string of the molecule is CC(C)(C)c1cc(CS(=O)(=O)[O-])ccc1O. The molecule has 4 nitrogen and oxygen atoms in total. The lowest BCUT2D eigenvalue weighted by molar-refractivity contribution is 0.445. The van der Waals surface area contributed by atoms with E-state index in [-0.39, 0.29) is 11.2 Å². The molecule has 5 heteroatoms. The van der Waals surface area contributed by atoms with Crippen molar-refractivity contribution in [2.45, 2.75) is 31.9 Å². The number of aromatic hydroxyl groups is 1. The number of benzene rings is 1. The Hall–Kier alpha value is -1.07. The molecule has 0 heterocycles. The molecule has 0 saturated carbocycles. The van der Waals surface area contributed by atoms with Gasteiger partial charge in [0.25, 0.3) is 0 Å². The largest absolute Gasteiger partial charge is 0.748 e. The van der Waals surface area contributed by atoms with Gasteiger partial charge >= 0.3 is 0 Å². The average molecular weight is 243 g/mol. The molecule has 0 unspecified atom stereocenters. The van der Waals surface area contributed by atoms with Gasteiger partial charge in [-0.25, -0.2) is 8.42 Å². The monoisotopic (exact) mass is 243 g/mol. The number of hydrogen-bond acceptors (Lipinski definition) is 4. The first kappa shape index (κ1) is 13.0. The van der Waals surface area contributed by atoms with Crippen LogP contribution in [0.1, 0.15) is 31.9 Å². The standard InChI is InChI=1S/C11H16O4S/c1-11(2,3)9-6-8(4-5-10(9)12)7-16(13,14)15/h4-6,12H,7H2,1-3H3,(H,13,14,15)/p-1. The van der Waals surface area contributed by atoms with E-state index in [2.05, 4.69) is 0 Å². The summed E-state index contributed by atoms with van der Waals surface area (Å²) in [6.45, 7) is 5.70. The van der Waals surface area contributed by atoms with E-state index in [9.17, 15) is 18.1 Å². The fourth-order valence-electron chi connectivity index (χ4n) is 1.48. The topological polar surface area (TPSA) is 77.4 Å². The summed E-state index contributed by atoms with van der Waals surface area (Å²) in [5, 5.41) is 9.64. The number of hydrogen-bond donors (Lipinski definition) is 1. The van der Waals surface area contributed by atoms with Gasteiger partial charge in [0.1, 0.15) is 5.75 Å². The van der Waals surface area contributed by atoms with Gasteiger partial charge in [0.2, 0.25) is 0 Å². The van der Waals surface area contributed by atoms with Crippen LogP contribution in [0.15, 0.2) is 18.2 Å². The van der Waals surface area contributed by atoms with Gasteiger partial charge in [0.15, 0.2) is 0 Å². The van der Waals surface area contributed by atoms with Gasteiger partial charge in [0, 0.05) is 0 Å². The summed E-state index contributed by atoms with van der Waals surface area (Å²) < 4.78 is 31.9. The zero-order chi connectivity index (χ0) is 12.6. The first-order valence-corrected chi connectivity index (χ1v) is 6.43. The summed E-state index contributed by atoms with van der Waals surface area (Å²) in [6, 6.07) is 4.42. The zero-order valence-corrected chi connectivity index (χ0v) is 10.3. The molecule has 0 aromatic heterocycles. The Balaban J connectivity index is 3.18. The summed E-state index contributed by atoms with van der Waals surface area (Å²) >= 11 is 0. The molecule has 1 rings (SSSR count). The third-order valence-corrected chi connectivity index (χ3v) is 2.90. The van der Waals surface area contributed by atoms with E-state index in [1.165, 1.54) is 12.1 Å². The second kappa shape index (κ2) is 4.07. The van der Waals surface area contributed by atoms with E-state index in [1.807, 2.05) is 20.8 Å². The van der Waals surface area contributed by atoms with Crippen LogP contribution in [0.2, 0.25) is 0 Å². The second-order valence-electron chi connectivity index (χ2n) is 4.80. The van der Waals surface area contributed by atoms with E-state index in [1.54, 1.807) is 6.07 Å². The van der Waals surface area contributed by atoms with Crippen LogP contribution in [0.25, 0.3) is 0 Å². The van der Waals surface area contributed by atoms with Crippen LogP contribution in [-0.4, -0.2) is 18.1 Å². The Labute approximate surface area is 95.7 Å². The van der Waals surface area contributed by atoms with Gasteiger partial charge in [-0.15, -0.1) is 0 Å². The van der Waals surface area contributed by atoms with Crippen LogP contribution < -0.4 is 0 Å². The van der Waals surface area contributed by atoms with Gasteiger partial charge in [-0.1, -0.05) is 32.9 Å². The van der Waals surface area contributed by atoms with E-state index in [0.29, 0.717) is 11.1 Å². The van der Waals surface area contributed by atoms with Gasteiger partial charge in [-0.2, -0.15) is 0 Å². The summed E-state index contributed by atoms with van der Waals surface area (Å²) in [5.41, 5.74) is 0.735. The Morgan fingerprint density at radius 3 is 2.31 bits per heavy atom. The lowest BCUT2D eigenvalue weighted by atomic mass is 9.85. The smallest absolute Gasteiger partial charge is 0.119 e. The van der Waals surface area contributed by atoms with E-state index in [0.717, 1.165) is 0 Å². The first-order chi connectivity index (χ1) is 7.09. The maximum absolute atomic E-state index is 10.6. The van der Waals surface area contributed by atoms with E-state index < -0.39 is 15.9 Å². The van der Waals surface area contributed by atoms with Crippen molar-refractivity contribution in [1.29, 1.82) is 0 Å². The molecular formula is C11H15O4S-. The predicted octanol–water partition coefficient (Wildman–Crippen LogP) is 1.73. The van der Waals surface area contributed by atoms with E-state index >= 15 is 0 Å². The summed E-state index contributed by atoms with van der Waals surface area (Å²) in [7, 11) is -4.28. The fraction of sp³-hybridized carbons (Fsp3) is 0.455. The van der Waals surface area contributed by atoms with Gasteiger partial charge in [0.05, 0.1) is 15.9 Å². The number of phenolic OH excluding ortho intramolecular Hbond substituents is 1. The number of phenols is 1. The molecule has 0 aliphatic rings. The van der Waals surface area contributed by atoms with Gasteiger partial charge < -0.3 is 9.66 Å². The molecule has 0 saturated heterocycles. The highest BCUT2D eigenvalue weighted by molar-refractivity contribution is 7.84. The minimum atomic E-state index is -4.28. The molecule has 0 aliphatic heterocycles. The quantitative estimate of drug-likeness (QED) is 0.802. The van der Waals surface area contributed by atoms with Crippen LogP contribution in [-0.2, 0) is 21.3 Å². The van der Waals surface area contributed by atoms with Crippen molar-refractivity contribution in [2.24, 2.45) is 0 Å². The van der Waals surface area contributed by atoms with Crippen molar-refractivity contribution in [2.75, 3.05) is 0 Å².